The van der Waals surface area contributed by atoms with Crippen LogP contribution in [0.25, 0.3) is 0 Å². The van der Waals surface area contributed by atoms with E-state index in [9.17, 15) is 21.8 Å². The maximum absolute atomic E-state index is 12.3. The Labute approximate surface area is 93.4 Å². The average molecular weight is 222 g/mol. The van der Waals surface area contributed by atoms with Crippen molar-refractivity contribution in [3.8, 4) is 0 Å². The number of halogens is 2. The van der Waals surface area contributed by atoms with Gasteiger partial charge in [-0.05, 0) is 0 Å². The largest absolute Gasteiger partial charge is 1.00 e. The molecule has 0 radical (unpaired) electrons. The molecule has 1 heterocycles. The molecule has 8 heteroatoms. The molecular weight excluding hydrogens is 221 g/mol. The van der Waals surface area contributed by atoms with E-state index in [1.54, 1.807) is 0 Å². The first-order chi connectivity index (χ1) is 4.91. The number of hydrogen-bond donors (Lipinski definition) is 0. The van der Waals surface area contributed by atoms with Gasteiger partial charge in [-0.15, -0.1) is 0 Å². The molecule has 0 aliphatic heterocycles. The maximum Gasteiger partial charge on any atom is 1.00 e. The fraction of sp³-hybridized carbons (Fsp3) is 0. The summed E-state index contributed by atoms with van der Waals surface area (Å²) in [5.41, 5.74) is 0. The molecule has 1 aromatic heterocycles. The van der Waals surface area contributed by atoms with Crippen molar-refractivity contribution in [2.75, 3.05) is 0 Å². The van der Waals surface area contributed by atoms with Crippen LogP contribution in [0.5, 0.6) is 0 Å². The van der Waals surface area contributed by atoms with Gasteiger partial charge in [0.05, 0.1) is 0 Å². The smallest absolute Gasteiger partial charge is 0.744 e. The van der Waals surface area contributed by atoms with E-state index < -0.39 is 25.3 Å². The zero-order valence-electron chi connectivity index (χ0n) is 5.87. The SMILES string of the molecule is O=S(=O)([O-])c1cc(F)sc1F.[Na+]. The van der Waals surface area contributed by atoms with Gasteiger partial charge in [-0.25, -0.2) is 8.42 Å². The summed E-state index contributed by atoms with van der Waals surface area (Å²) >= 11 is -0.0164. The third-order valence-electron chi connectivity index (χ3n) is 0.895. The first kappa shape index (κ1) is 12.5. The fourth-order valence-corrected chi connectivity index (χ4v) is 1.95. The maximum atomic E-state index is 12.3. The van der Waals surface area contributed by atoms with E-state index in [2.05, 4.69) is 0 Å². The van der Waals surface area contributed by atoms with E-state index in [0.717, 1.165) is 0 Å². The third kappa shape index (κ3) is 2.75. The standard InChI is InChI=1S/C4H2F2O3S2.Na/c5-3-1-2(4(6)10-3)11(7,8)9;/h1H,(H,7,8,9);/q;+1/p-1. The van der Waals surface area contributed by atoms with E-state index in [-0.39, 0.29) is 40.9 Å². The van der Waals surface area contributed by atoms with E-state index in [0.29, 0.717) is 6.07 Å². The molecule has 0 aliphatic rings. The van der Waals surface area contributed by atoms with Gasteiger partial charge in [-0.1, -0.05) is 11.3 Å². The third-order valence-corrected chi connectivity index (χ3v) is 2.57. The van der Waals surface area contributed by atoms with Gasteiger partial charge in [0.2, 0.25) is 0 Å². The van der Waals surface area contributed by atoms with Crippen LogP contribution >= 0.6 is 11.3 Å². The summed E-state index contributed by atoms with van der Waals surface area (Å²) in [5.74, 6) is 0. The predicted molar refractivity (Wildman–Crippen MR) is 32.2 cm³/mol. The second-order valence-corrected chi connectivity index (χ2v) is 3.94. The van der Waals surface area contributed by atoms with Crippen LogP contribution in [0.2, 0.25) is 0 Å². The molecule has 0 spiro atoms. The minimum Gasteiger partial charge on any atom is -0.744 e. The van der Waals surface area contributed by atoms with Crippen molar-refractivity contribution >= 4 is 21.5 Å². The second kappa shape index (κ2) is 4.12. The summed E-state index contributed by atoms with van der Waals surface area (Å²) < 4.78 is 54.7. The van der Waals surface area contributed by atoms with E-state index >= 15 is 0 Å². The predicted octanol–water partition coefficient (Wildman–Crippen LogP) is -2.07. The Morgan fingerprint density at radius 2 is 1.92 bits per heavy atom. The van der Waals surface area contributed by atoms with Gasteiger partial charge in [-0.2, -0.15) is 8.78 Å². The summed E-state index contributed by atoms with van der Waals surface area (Å²) in [7, 11) is -4.87. The van der Waals surface area contributed by atoms with Gasteiger partial charge in [0, 0.05) is 6.07 Å². The molecule has 1 aromatic rings. The Bertz CT molecular complexity index is 372. The van der Waals surface area contributed by atoms with Gasteiger partial charge in [0.25, 0.3) is 0 Å². The van der Waals surface area contributed by atoms with Gasteiger partial charge in [0.1, 0.15) is 15.0 Å². The Hall–Kier alpha value is 0.470. The molecule has 0 fully saturated rings. The quantitative estimate of drug-likeness (QED) is 0.405. The molecule has 0 amide bonds. The van der Waals surface area contributed by atoms with Crippen molar-refractivity contribution in [3.05, 3.63) is 16.3 Å². The van der Waals surface area contributed by atoms with E-state index in [1.807, 2.05) is 0 Å². The minimum atomic E-state index is -4.87. The molecule has 0 atom stereocenters. The van der Waals surface area contributed by atoms with Gasteiger partial charge < -0.3 is 4.55 Å². The summed E-state index contributed by atoms with van der Waals surface area (Å²) in [6, 6.07) is 0.363. The minimum absolute atomic E-state index is 0. The van der Waals surface area contributed by atoms with Crippen molar-refractivity contribution in [2.45, 2.75) is 4.90 Å². The molecule has 0 N–H and O–H groups in total. The average Bonchev–Trinajstić information content (AvgIpc) is 2.08. The van der Waals surface area contributed by atoms with E-state index in [1.165, 1.54) is 0 Å². The summed E-state index contributed by atoms with van der Waals surface area (Å²) in [6.45, 7) is 0. The molecule has 3 nitrogen and oxygen atoms in total. The Balaban J connectivity index is 0.00000121. The molecule has 0 saturated carbocycles. The molecule has 0 bridgehead atoms. The Morgan fingerprint density at radius 1 is 1.42 bits per heavy atom. The van der Waals surface area contributed by atoms with Crippen LogP contribution in [-0.4, -0.2) is 13.0 Å². The molecular formula is C4HF2NaO3S2. The zero-order valence-corrected chi connectivity index (χ0v) is 9.51. The monoisotopic (exact) mass is 222 g/mol. The van der Waals surface area contributed by atoms with Crippen molar-refractivity contribution in [3.63, 3.8) is 0 Å². The van der Waals surface area contributed by atoms with Crippen molar-refractivity contribution in [1.29, 1.82) is 0 Å². The summed E-state index contributed by atoms with van der Waals surface area (Å²) in [4.78, 5) is -1.12. The zero-order chi connectivity index (χ0) is 8.65. The fourth-order valence-electron chi connectivity index (χ4n) is 0.496. The van der Waals surface area contributed by atoms with Crippen LogP contribution in [0, 0.1) is 10.3 Å². The summed E-state index contributed by atoms with van der Waals surface area (Å²) in [5, 5.41) is -2.34. The van der Waals surface area contributed by atoms with Crippen LogP contribution in [0.3, 0.4) is 0 Å². The van der Waals surface area contributed by atoms with Crippen LogP contribution in [0.1, 0.15) is 0 Å². The van der Waals surface area contributed by atoms with Crippen LogP contribution in [0.15, 0.2) is 11.0 Å². The van der Waals surface area contributed by atoms with Gasteiger partial charge in [-0.3, -0.25) is 0 Å². The first-order valence-corrected chi connectivity index (χ1v) is 4.54. The van der Waals surface area contributed by atoms with Gasteiger partial charge >= 0.3 is 29.6 Å². The Kier molecular flexibility index (Phi) is 4.28. The molecule has 0 unspecified atom stereocenters. The van der Waals surface area contributed by atoms with Crippen LogP contribution in [-0.2, 0) is 10.1 Å². The normalized spacial score (nSPS) is 10.9. The van der Waals surface area contributed by atoms with Crippen molar-refractivity contribution in [1.82, 2.24) is 0 Å². The number of hydrogen-bond acceptors (Lipinski definition) is 4. The molecule has 0 saturated heterocycles. The van der Waals surface area contributed by atoms with Crippen LogP contribution in [0.4, 0.5) is 8.78 Å². The molecule has 12 heavy (non-hydrogen) atoms. The summed E-state index contributed by atoms with van der Waals surface area (Å²) in [6.07, 6.45) is 0. The number of thiophene rings is 1. The van der Waals surface area contributed by atoms with Crippen LogP contribution < -0.4 is 29.6 Å². The van der Waals surface area contributed by atoms with Crippen molar-refractivity contribution in [2.24, 2.45) is 0 Å². The molecule has 0 aromatic carbocycles. The second-order valence-electron chi connectivity index (χ2n) is 1.64. The molecule has 1 rings (SSSR count). The topological polar surface area (TPSA) is 57.2 Å². The number of rotatable bonds is 1. The van der Waals surface area contributed by atoms with Gasteiger partial charge in [0.15, 0.2) is 10.3 Å². The molecule has 0 aliphatic carbocycles. The van der Waals surface area contributed by atoms with Crippen molar-refractivity contribution < 1.29 is 51.3 Å². The Morgan fingerprint density at radius 3 is 2.08 bits per heavy atom. The first-order valence-electron chi connectivity index (χ1n) is 2.32. The van der Waals surface area contributed by atoms with E-state index in [4.69, 9.17) is 0 Å². The molecule has 62 valence electrons.